The first kappa shape index (κ1) is 32.4. The smallest absolute Gasteiger partial charge is 0.160 e. The van der Waals surface area contributed by atoms with E-state index in [0.717, 1.165) is 44.9 Å². The van der Waals surface area contributed by atoms with Gasteiger partial charge in [-0.05, 0) is 74.8 Å². The van der Waals surface area contributed by atoms with Crippen molar-refractivity contribution in [2.75, 3.05) is 0 Å². The lowest BCUT2D eigenvalue weighted by Gasteiger charge is -2.34. The second-order valence-electron chi connectivity index (χ2n) is 14.0. The molecule has 0 unspecified atom stereocenters. The van der Waals surface area contributed by atoms with Gasteiger partial charge in [-0.2, -0.15) is 0 Å². The van der Waals surface area contributed by atoms with Crippen LogP contribution in [0.2, 0.25) is 0 Å². The fourth-order valence-corrected chi connectivity index (χ4v) is 8.26. The van der Waals surface area contributed by atoms with Crippen LogP contribution in [0, 0.1) is 0 Å². The molecule has 9 aromatic rings. The first-order valence-corrected chi connectivity index (χ1v) is 18.7. The predicted octanol–water partition coefficient (Wildman–Crippen LogP) is 12.6. The van der Waals surface area contributed by atoms with Gasteiger partial charge in [0, 0.05) is 28.5 Å². The van der Waals surface area contributed by atoms with E-state index in [1.165, 1.54) is 38.9 Å². The summed E-state index contributed by atoms with van der Waals surface area (Å²) in [6, 6.07) is 73.4. The molecule has 3 nitrogen and oxygen atoms in total. The molecule has 0 saturated carbocycles. The lowest BCUT2D eigenvalue weighted by Crippen LogP contribution is -2.28. The summed E-state index contributed by atoms with van der Waals surface area (Å²) < 4.78 is 0. The lowest BCUT2D eigenvalue weighted by atomic mass is 9.67. The molecule has 0 bridgehead atoms. The number of fused-ring (bicyclic) bond motifs is 3. The molecule has 2 aromatic heterocycles. The molecule has 1 aliphatic rings. The monoisotopic (exact) mass is 701 g/mol. The minimum absolute atomic E-state index is 0.579. The summed E-state index contributed by atoms with van der Waals surface area (Å²) >= 11 is 0. The average Bonchev–Trinajstić information content (AvgIpc) is 3.57. The van der Waals surface area contributed by atoms with Crippen LogP contribution >= 0.6 is 0 Å². The minimum Gasteiger partial charge on any atom is -0.256 e. The molecular weight excluding hydrogens is 667 g/mol. The summed E-state index contributed by atoms with van der Waals surface area (Å²) in [5.74, 6) is 0.705. The molecule has 0 saturated heterocycles. The number of rotatable bonds is 7. The maximum atomic E-state index is 5.23. The van der Waals surface area contributed by atoms with Crippen LogP contribution < -0.4 is 0 Å². The number of benzene rings is 7. The molecule has 258 valence electrons. The van der Waals surface area contributed by atoms with Crippen molar-refractivity contribution >= 4 is 0 Å². The molecule has 2 heterocycles. The van der Waals surface area contributed by atoms with Gasteiger partial charge in [-0.3, -0.25) is 4.98 Å². The Morgan fingerprint density at radius 2 is 0.764 bits per heavy atom. The third-order valence-electron chi connectivity index (χ3n) is 10.9. The van der Waals surface area contributed by atoms with E-state index in [0.29, 0.717) is 5.82 Å². The van der Waals surface area contributed by atoms with Gasteiger partial charge >= 0.3 is 0 Å². The maximum Gasteiger partial charge on any atom is 0.160 e. The van der Waals surface area contributed by atoms with Crippen LogP contribution in [0.15, 0.2) is 212 Å². The average molecular weight is 702 g/mol. The molecule has 0 radical (unpaired) electrons. The van der Waals surface area contributed by atoms with Gasteiger partial charge in [0.05, 0.1) is 22.5 Å². The molecule has 0 atom stereocenters. The predicted molar refractivity (Wildman–Crippen MR) is 224 cm³/mol. The van der Waals surface area contributed by atoms with Crippen LogP contribution in [0.4, 0.5) is 0 Å². The highest BCUT2D eigenvalue weighted by molar-refractivity contribution is 5.90. The quantitative estimate of drug-likeness (QED) is 0.166. The third kappa shape index (κ3) is 5.65. The third-order valence-corrected chi connectivity index (χ3v) is 10.9. The SMILES string of the molecule is c1ccc(-c2cc(-c3ccc4c(c3)C(c3ccccc3)(c3ccccc3)c3cc(-c5ccc(-c6ccccn6)cc5)ccc3-4)nc(-c3ccccc3)n2)cc1. The Labute approximate surface area is 321 Å². The lowest BCUT2D eigenvalue weighted by molar-refractivity contribution is 0.769. The Kier molecular flexibility index (Phi) is 8.04. The van der Waals surface area contributed by atoms with Gasteiger partial charge in [0.2, 0.25) is 0 Å². The standard InChI is InChI=1S/C52H35N3/c1-5-15-37(16-6-1)49-35-50(55-51(54-49)39-17-7-2-8-18-39)41-29-31-45-44-30-28-40(36-24-26-38(27-25-36)48-23-13-14-32-53-48)33-46(44)52(47(45)34-41,42-19-9-3-10-20-42)43-21-11-4-12-22-43/h1-35H. The topological polar surface area (TPSA) is 38.7 Å². The number of nitrogens with zero attached hydrogens (tertiary/aromatic N) is 3. The summed E-state index contributed by atoms with van der Waals surface area (Å²) in [5, 5.41) is 0. The molecule has 0 N–H and O–H groups in total. The summed E-state index contributed by atoms with van der Waals surface area (Å²) in [6.45, 7) is 0. The first-order chi connectivity index (χ1) is 27.3. The normalized spacial score (nSPS) is 12.5. The summed E-state index contributed by atoms with van der Waals surface area (Å²) in [4.78, 5) is 14.9. The van der Waals surface area contributed by atoms with E-state index < -0.39 is 5.41 Å². The molecular formula is C52H35N3. The zero-order valence-electron chi connectivity index (χ0n) is 30.0. The van der Waals surface area contributed by atoms with Gasteiger partial charge in [-0.25, -0.2) is 9.97 Å². The molecule has 55 heavy (non-hydrogen) atoms. The summed E-state index contributed by atoms with van der Waals surface area (Å²) in [6.07, 6.45) is 1.84. The largest absolute Gasteiger partial charge is 0.256 e. The van der Waals surface area contributed by atoms with Gasteiger partial charge in [-0.1, -0.05) is 176 Å². The fraction of sp³-hybridized carbons (Fsp3) is 0.0192. The van der Waals surface area contributed by atoms with Crippen molar-refractivity contribution in [1.29, 1.82) is 0 Å². The van der Waals surface area contributed by atoms with Crippen LogP contribution in [0.5, 0.6) is 0 Å². The van der Waals surface area contributed by atoms with E-state index in [1.807, 2.05) is 42.6 Å². The highest BCUT2D eigenvalue weighted by Gasteiger charge is 2.46. The Balaban J connectivity index is 1.19. The van der Waals surface area contributed by atoms with Crippen molar-refractivity contribution in [1.82, 2.24) is 15.0 Å². The molecule has 0 aliphatic heterocycles. The second kappa shape index (κ2) is 13.6. The Morgan fingerprint density at radius 3 is 1.35 bits per heavy atom. The Bertz CT molecular complexity index is 2670. The molecule has 0 amide bonds. The fourth-order valence-electron chi connectivity index (χ4n) is 8.26. The number of hydrogen-bond acceptors (Lipinski definition) is 3. The zero-order valence-corrected chi connectivity index (χ0v) is 30.0. The van der Waals surface area contributed by atoms with E-state index in [4.69, 9.17) is 9.97 Å². The Morgan fingerprint density at radius 1 is 0.309 bits per heavy atom. The van der Waals surface area contributed by atoms with E-state index in [1.54, 1.807) is 0 Å². The van der Waals surface area contributed by atoms with Crippen LogP contribution in [0.1, 0.15) is 22.3 Å². The summed E-state index contributed by atoms with van der Waals surface area (Å²) in [5.41, 5.74) is 16.1. The van der Waals surface area contributed by atoms with Gasteiger partial charge in [-0.15, -0.1) is 0 Å². The first-order valence-electron chi connectivity index (χ1n) is 18.7. The molecule has 7 aromatic carbocycles. The number of hydrogen-bond donors (Lipinski definition) is 0. The van der Waals surface area contributed by atoms with Crippen molar-refractivity contribution in [2.45, 2.75) is 5.41 Å². The molecule has 10 rings (SSSR count). The highest BCUT2D eigenvalue weighted by atomic mass is 14.9. The van der Waals surface area contributed by atoms with E-state index in [2.05, 4.69) is 175 Å². The van der Waals surface area contributed by atoms with E-state index in [-0.39, 0.29) is 0 Å². The second-order valence-corrected chi connectivity index (χ2v) is 14.0. The van der Waals surface area contributed by atoms with Crippen LogP contribution in [0.25, 0.3) is 67.4 Å². The van der Waals surface area contributed by atoms with Crippen molar-refractivity contribution in [2.24, 2.45) is 0 Å². The minimum atomic E-state index is -0.579. The van der Waals surface area contributed by atoms with Gasteiger partial charge < -0.3 is 0 Å². The van der Waals surface area contributed by atoms with E-state index >= 15 is 0 Å². The van der Waals surface area contributed by atoms with Crippen molar-refractivity contribution in [3.63, 3.8) is 0 Å². The van der Waals surface area contributed by atoms with Crippen LogP contribution in [-0.2, 0) is 5.41 Å². The van der Waals surface area contributed by atoms with Crippen LogP contribution in [-0.4, -0.2) is 15.0 Å². The van der Waals surface area contributed by atoms with Crippen molar-refractivity contribution in [3.8, 4) is 67.4 Å². The van der Waals surface area contributed by atoms with Gasteiger partial charge in [0.15, 0.2) is 5.82 Å². The number of pyridine rings is 1. The zero-order chi connectivity index (χ0) is 36.6. The number of aromatic nitrogens is 3. The van der Waals surface area contributed by atoms with Gasteiger partial charge in [0.1, 0.15) is 0 Å². The Hall–Kier alpha value is -7.23. The molecule has 1 aliphatic carbocycles. The van der Waals surface area contributed by atoms with Gasteiger partial charge in [0.25, 0.3) is 0 Å². The molecule has 0 spiro atoms. The van der Waals surface area contributed by atoms with Crippen molar-refractivity contribution in [3.05, 3.63) is 235 Å². The summed E-state index contributed by atoms with van der Waals surface area (Å²) in [7, 11) is 0. The highest BCUT2D eigenvalue weighted by Crippen LogP contribution is 2.57. The molecule has 3 heteroatoms. The van der Waals surface area contributed by atoms with Crippen molar-refractivity contribution < 1.29 is 0 Å². The maximum absolute atomic E-state index is 5.23. The molecule has 0 fully saturated rings. The van der Waals surface area contributed by atoms with E-state index in [9.17, 15) is 0 Å². The van der Waals surface area contributed by atoms with Crippen LogP contribution in [0.3, 0.4) is 0 Å².